The first-order chi connectivity index (χ1) is 15.6. The minimum Gasteiger partial charge on any atom is -0.353 e. The SMILES string of the molecule is Cc1ccc(N2C(=O)CC(C(=O)NC3CCN(C(=O)C(C)(C)C)CC3)C2c2cccs2)cc1. The maximum atomic E-state index is 13.4. The van der Waals surface area contributed by atoms with Gasteiger partial charge in [-0.3, -0.25) is 14.4 Å². The van der Waals surface area contributed by atoms with Gasteiger partial charge in [-0.25, -0.2) is 0 Å². The molecule has 0 saturated carbocycles. The van der Waals surface area contributed by atoms with E-state index in [4.69, 9.17) is 0 Å². The van der Waals surface area contributed by atoms with Crippen LogP contribution >= 0.6 is 11.3 Å². The summed E-state index contributed by atoms with van der Waals surface area (Å²) < 4.78 is 0. The molecule has 3 heterocycles. The van der Waals surface area contributed by atoms with Gasteiger partial charge in [0.1, 0.15) is 0 Å². The molecule has 3 amide bonds. The molecule has 7 heteroatoms. The van der Waals surface area contributed by atoms with Crippen molar-refractivity contribution in [2.24, 2.45) is 11.3 Å². The van der Waals surface area contributed by atoms with Crippen LogP contribution in [0, 0.1) is 18.3 Å². The van der Waals surface area contributed by atoms with Gasteiger partial charge in [-0.1, -0.05) is 44.5 Å². The lowest BCUT2D eigenvalue weighted by atomic mass is 9.92. The molecule has 2 aromatic rings. The molecule has 2 aliphatic rings. The van der Waals surface area contributed by atoms with Crippen LogP contribution in [0.4, 0.5) is 5.69 Å². The topological polar surface area (TPSA) is 69.7 Å². The number of thiophene rings is 1. The van der Waals surface area contributed by atoms with Crippen LogP contribution in [0.2, 0.25) is 0 Å². The molecule has 2 unspecified atom stereocenters. The van der Waals surface area contributed by atoms with E-state index in [1.165, 1.54) is 0 Å². The number of benzene rings is 1. The highest BCUT2D eigenvalue weighted by atomic mass is 32.1. The molecule has 2 fully saturated rings. The molecule has 0 radical (unpaired) electrons. The molecule has 1 N–H and O–H groups in total. The summed E-state index contributed by atoms with van der Waals surface area (Å²) >= 11 is 1.58. The van der Waals surface area contributed by atoms with Crippen LogP contribution in [0.1, 0.15) is 56.5 Å². The van der Waals surface area contributed by atoms with Gasteiger partial charge in [0.25, 0.3) is 0 Å². The number of nitrogens with zero attached hydrogens (tertiary/aromatic N) is 2. The predicted molar refractivity (Wildman–Crippen MR) is 131 cm³/mol. The van der Waals surface area contributed by atoms with Crippen molar-refractivity contribution in [3.05, 3.63) is 52.2 Å². The number of piperidine rings is 1. The second kappa shape index (κ2) is 9.29. The van der Waals surface area contributed by atoms with E-state index in [9.17, 15) is 14.4 Å². The molecule has 1 aromatic heterocycles. The van der Waals surface area contributed by atoms with Gasteiger partial charge in [0.15, 0.2) is 0 Å². The summed E-state index contributed by atoms with van der Waals surface area (Å²) in [7, 11) is 0. The van der Waals surface area contributed by atoms with Crippen molar-refractivity contribution in [1.82, 2.24) is 10.2 Å². The fraction of sp³-hybridized carbons (Fsp3) is 0.500. The van der Waals surface area contributed by atoms with E-state index in [-0.39, 0.29) is 36.2 Å². The van der Waals surface area contributed by atoms with Crippen LogP contribution in [-0.2, 0) is 14.4 Å². The molecule has 4 rings (SSSR count). The Morgan fingerprint density at radius 3 is 2.30 bits per heavy atom. The first-order valence-corrected chi connectivity index (χ1v) is 12.5. The fourth-order valence-electron chi connectivity index (χ4n) is 4.77. The Kier molecular flexibility index (Phi) is 6.61. The molecule has 0 spiro atoms. The molecule has 2 saturated heterocycles. The average molecular weight is 468 g/mol. The number of nitrogens with one attached hydrogen (secondary N) is 1. The van der Waals surface area contributed by atoms with Crippen LogP contribution in [0.5, 0.6) is 0 Å². The standard InChI is InChI=1S/C26H33N3O3S/c1-17-7-9-19(10-8-17)29-22(30)16-20(23(29)21-6-5-15-33-21)24(31)27-18-11-13-28(14-12-18)25(32)26(2,3)4/h5-10,15,18,20,23H,11-14,16H2,1-4H3,(H,27,31). The normalized spacial score (nSPS) is 22.0. The summed E-state index contributed by atoms with van der Waals surface area (Å²) in [6, 6.07) is 11.6. The van der Waals surface area contributed by atoms with Crippen molar-refractivity contribution in [3.8, 4) is 0 Å². The molecule has 6 nitrogen and oxygen atoms in total. The van der Waals surface area contributed by atoms with Crippen molar-refractivity contribution < 1.29 is 14.4 Å². The van der Waals surface area contributed by atoms with E-state index in [0.29, 0.717) is 13.1 Å². The zero-order valence-electron chi connectivity index (χ0n) is 19.8. The Hall–Kier alpha value is -2.67. The minimum atomic E-state index is -0.438. The summed E-state index contributed by atoms with van der Waals surface area (Å²) in [6.45, 7) is 9.12. The maximum absolute atomic E-state index is 13.4. The number of hydrogen-bond acceptors (Lipinski definition) is 4. The molecule has 2 aliphatic heterocycles. The minimum absolute atomic E-state index is 0.0223. The molecule has 176 valence electrons. The van der Waals surface area contributed by atoms with Gasteiger partial charge in [0.05, 0.1) is 12.0 Å². The average Bonchev–Trinajstić information content (AvgIpc) is 3.41. The number of amides is 3. The number of carbonyl (C=O) groups excluding carboxylic acids is 3. The second-order valence-corrected chi connectivity index (χ2v) is 11.2. The molecule has 33 heavy (non-hydrogen) atoms. The Morgan fingerprint density at radius 1 is 1.06 bits per heavy atom. The summed E-state index contributed by atoms with van der Waals surface area (Å²) in [5.41, 5.74) is 1.56. The number of anilines is 1. The highest BCUT2D eigenvalue weighted by molar-refractivity contribution is 7.10. The summed E-state index contributed by atoms with van der Waals surface area (Å²) in [6.07, 6.45) is 1.67. The highest BCUT2D eigenvalue weighted by Gasteiger charge is 2.46. The third kappa shape index (κ3) is 4.98. The van der Waals surface area contributed by atoms with Gasteiger partial charge in [-0.2, -0.15) is 0 Å². The van der Waals surface area contributed by atoms with Crippen LogP contribution in [0.3, 0.4) is 0 Å². The third-order valence-corrected chi connectivity index (χ3v) is 7.52. The lowest BCUT2D eigenvalue weighted by molar-refractivity contribution is -0.140. The maximum Gasteiger partial charge on any atom is 0.228 e. The highest BCUT2D eigenvalue weighted by Crippen LogP contribution is 2.43. The van der Waals surface area contributed by atoms with Crippen LogP contribution in [0.25, 0.3) is 0 Å². The quantitative estimate of drug-likeness (QED) is 0.729. The zero-order valence-corrected chi connectivity index (χ0v) is 20.7. The number of carbonyl (C=O) groups is 3. The van der Waals surface area contributed by atoms with Crippen molar-refractivity contribution in [2.45, 2.75) is 59.0 Å². The lowest BCUT2D eigenvalue weighted by Crippen LogP contribution is -2.50. The van der Waals surface area contributed by atoms with Crippen LogP contribution in [-0.4, -0.2) is 41.8 Å². The number of rotatable bonds is 4. The van der Waals surface area contributed by atoms with Gasteiger partial charge in [-0.05, 0) is 43.3 Å². The smallest absolute Gasteiger partial charge is 0.228 e. The second-order valence-electron chi connectivity index (χ2n) is 10.2. The Morgan fingerprint density at radius 2 is 1.73 bits per heavy atom. The first-order valence-electron chi connectivity index (χ1n) is 11.7. The number of hydrogen-bond donors (Lipinski definition) is 1. The van der Waals surface area contributed by atoms with Crippen molar-refractivity contribution in [3.63, 3.8) is 0 Å². The Labute approximate surface area is 200 Å². The summed E-state index contributed by atoms with van der Waals surface area (Å²) in [5, 5.41) is 5.19. The Balaban J connectivity index is 1.47. The largest absolute Gasteiger partial charge is 0.353 e. The van der Waals surface area contributed by atoms with E-state index < -0.39 is 11.3 Å². The van der Waals surface area contributed by atoms with E-state index in [2.05, 4.69) is 5.32 Å². The molecule has 2 atom stereocenters. The zero-order chi connectivity index (χ0) is 23.8. The first kappa shape index (κ1) is 23.5. The van der Waals surface area contributed by atoms with Crippen molar-refractivity contribution in [2.75, 3.05) is 18.0 Å². The van der Waals surface area contributed by atoms with Crippen LogP contribution < -0.4 is 10.2 Å². The van der Waals surface area contributed by atoms with Gasteiger partial charge in [-0.15, -0.1) is 11.3 Å². The summed E-state index contributed by atoms with van der Waals surface area (Å²) in [5.74, 6) is -0.383. The van der Waals surface area contributed by atoms with Gasteiger partial charge in [0.2, 0.25) is 17.7 Å². The monoisotopic (exact) mass is 467 g/mol. The molecule has 0 aliphatic carbocycles. The number of likely N-dealkylation sites (tertiary alicyclic amines) is 1. The van der Waals surface area contributed by atoms with E-state index in [1.807, 2.05) is 74.4 Å². The molecular formula is C26H33N3O3S. The van der Waals surface area contributed by atoms with E-state index in [0.717, 1.165) is 29.0 Å². The molecule has 0 bridgehead atoms. The molecule has 1 aromatic carbocycles. The van der Waals surface area contributed by atoms with E-state index in [1.54, 1.807) is 16.2 Å². The van der Waals surface area contributed by atoms with Gasteiger partial charge >= 0.3 is 0 Å². The predicted octanol–water partition coefficient (Wildman–Crippen LogP) is 4.30. The van der Waals surface area contributed by atoms with Crippen molar-refractivity contribution in [1.29, 1.82) is 0 Å². The van der Waals surface area contributed by atoms with Gasteiger partial charge in [0, 0.05) is 41.5 Å². The van der Waals surface area contributed by atoms with E-state index >= 15 is 0 Å². The fourth-order valence-corrected chi connectivity index (χ4v) is 5.65. The van der Waals surface area contributed by atoms with Gasteiger partial charge < -0.3 is 15.1 Å². The Bertz CT molecular complexity index is 1000. The van der Waals surface area contributed by atoms with Crippen LogP contribution in [0.15, 0.2) is 41.8 Å². The lowest BCUT2D eigenvalue weighted by Gasteiger charge is -2.36. The number of aryl methyl sites for hydroxylation is 1. The van der Waals surface area contributed by atoms with Crippen molar-refractivity contribution >= 4 is 34.7 Å². The summed E-state index contributed by atoms with van der Waals surface area (Å²) in [4.78, 5) is 43.8. The molecular weight excluding hydrogens is 434 g/mol. The third-order valence-electron chi connectivity index (χ3n) is 6.58.